The zero-order valence-corrected chi connectivity index (χ0v) is 21.8. The van der Waals surface area contributed by atoms with Crippen LogP contribution in [0, 0.1) is 11.2 Å². The molecule has 2 amide bonds. The number of benzene rings is 2. The van der Waals surface area contributed by atoms with E-state index in [0.717, 1.165) is 75.8 Å². The normalized spacial score (nSPS) is 23.6. The Morgan fingerprint density at radius 3 is 2.16 bits per heavy atom. The van der Waals surface area contributed by atoms with Gasteiger partial charge >= 0.3 is 0 Å². The SMILES string of the molecule is O=C(CC1(COc2ccccc2)CCCN(C(=O)C2(c3ccc(F)cc3)CCCC2)C1)N1CCCCC1. The average Bonchev–Trinajstić information content (AvgIpc) is 3.44. The van der Waals surface area contributed by atoms with Gasteiger partial charge < -0.3 is 14.5 Å². The maximum atomic E-state index is 14.3. The van der Waals surface area contributed by atoms with Crippen LogP contribution in [0.4, 0.5) is 4.39 Å². The molecule has 3 aliphatic rings. The number of carbonyl (C=O) groups excluding carboxylic acids is 2. The Morgan fingerprint density at radius 1 is 0.784 bits per heavy atom. The predicted molar refractivity (Wildman–Crippen MR) is 142 cm³/mol. The van der Waals surface area contributed by atoms with Crippen molar-refractivity contribution < 1.29 is 18.7 Å². The number of ether oxygens (including phenoxy) is 1. The van der Waals surface area contributed by atoms with Crippen molar-refractivity contribution in [1.29, 1.82) is 0 Å². The fourth-order valence-corrected chi connectivity index (χ4v) is 6.70. The summed E-state index contributed by atoms with van der Waals surface area (Å²) in [6.45, 7) is 3.26. The van der Waals surface area contributed by atoms with E-state index in [9.17, 15) is 14.0 Å². The third kappa shape index (κ3) is 5.68. The molecule has 1 saturated carbocycles. The number of carbonyl (C=O) groups is 2. The van der Waals surface area contributed by atoms with Gasteiger partial charge in [0, 0.05) is 38.0 Å². The van der Waals surface area contributed by atoms with Crippen molar-refractivity contribution in [3.8, 4) is 5.75 Å². The van der Waals surface area contributed by atoms with Gasteiger partial charge in [0.1, 0.15) is 11.6 Å². The molecule has 2 heterocycles. The lowest BCUT2D eigenvalue weighted by atomic mass is 9.74. The number of amides is 2. The molecule has 6 heteroatoms. The molecule has 0 bridgehead atoms. The lowest BCUT2D eigenvalue weighted by Gasteiger charge is -2.46. The fourth-order valence-electron chi connectivity index (χ4n) is 6.70. The zero-order chi connectivity index (χ0) is 25.7. The lowest BCUT2D eigenvalue weighted by Crippen LogP contribution is -2.55. The number of halogens is 1. The van der Waals surface area contributed by atoms with Crippen LogP contribution in [0.2, 0.25) is 0 Å². The molecule has 3 fully saturated rings. The largest absolute Gasteiger partial charge is 0.493 e. The highest BCUT2D eigenvalue weighted by Gasteiger charge is 2.48. The fraction of sp³-hybridized carbons (Fsp3) is 0.548. The minimum Gasteiger partial charge on any atom is -0.493 e. The van der Waals surface area contributed by atoms with Crippen LogP contribution in [0.15, 0.2) is 54.6 Å². The van der Waals surface area contributed by atoms with Gasteiger partial charge in [-0.1, -0.05) is 43.2 Å². The number of rotatable bonds is 7. The van der Waals surface area contributed by atoms with Crippen LogP contribution < -0.4 is 4.74 Å². The van der Waals surface area contributed by atoms with E-state index in [0.29, 0.717) is 26.1 Å². The van der Waals surface area contributed by atoms with Gasteiger partial charge in [-0.2, -0.15) is 0 Å². The Labute approximate surface area is 220 Å². The predicted octanol–water partition coefficient (Wildman–Crippen LogP) is 5.73. The number of piperidine rings is 2. The quantitative estimate of drug-likeness (QED) is 0.482. The average molecular weight is 507 g/mol. The van der Waals surface area contributed by atoms with E-state index in [1.807, 2.05) is 40.1 Å². The molecule has 198 valence electrons. The molecule has 5 rings (SSSR count). The van der Waals surface area contributed by atoms with Crippen molar-refractivity contribution in [2.75, 3.05) is 32.8 Å². The highest BCUT2D eigenvalue weighted by atomic mass is 19.1. The molecule has 1 atom stereocenters. The maximum Gasteiger partial charge on any atom is 0.233 e. The summed E-state index contributed by atoms with van der Waals surface area (Å²) >= 11 is 0. The second-order valence-electron chi connectivity index (χ2n) is 11.3. The molecule has 0 spiro atoms. The molecule has 0 aromatic heterocycles. The molecule has 1 unspecified atom stereocenters. The summed E-state index contributed by atoms with van der Waals surface area (Å²) in [6, 6.07) is 16.2. The maximum absolute atomic E-state index is 14.3. The van der Waals surface area contributed by atoms with Gasteiger partial charge in [-0.15, -0.1) is 0 Å². The third-order valence-corrected chi connectivity index (χ3v) is 8.74. The highest BCUT2D eigenvalue weighted by molar-refractivity contribution is 5.89. The Kier molecular flexibility index (Phi) is 7.82. The van der Waals surface area contributed by atoms with Gasteiger partial charge in [0.15, 0.2) is 0 Å². The summed E-state index contributed by atoms with van der Waals surface area (Å²) in [5.41, 5.74) is -0.119. The molecular formula is C31H39FN2O3. The summed E-state index contributed by atoms with van der Waals surface area (Å²) in [4.78, 5) is 31.7. The number of hydrogen-bond donors (Lipinski definition) is 0. The summed E-state index contributed by atoms with van der Waals surface area (Å²) in [5, 5.41) is 0. The summed E-state index contributed by atoms with van der Waals surface area (Å²) < 4.78 is 20.0. The Hall–Kier alpha value is -2.89. The van der Waals surface area contributed by atoms with Gasteiger partial charge in [0.05, 0.1) is 12.0 Å². The topological polar surface area (TPSA) is 49.9 Å². The van der Waals surface area contributed by atoms with Crippen LogP contribution >= 0.6 is 0 Å². The van der Waals surface area contributed by atoms with Crippen molar-refractivity contribution in [3.63, 3.8) is 0 Å². The molecule has 5 nitrogen and oxygen atoms in total. The van der Waals surface area contributed by atoms with Gasteiger partial charge in [0.25, 0.3) is 0 Å². The summed E-state index contributed by atoms with van der Waals surface area (Å²) in [6.07, 6.45) is 8.95. The minimum atomic E-state index is -0.603. The number of likely N-dealkylation sites (tertiary alicyclic amines) is 2. The van der Waals surface area contributed by atoms with Gasteiger partial charge in [-0.25, -0.2) is 4.39 Å². The third-order valence-electron chi connectivity index (χ3n) is 8.74. The van der Waals surface area contributed by atoms with E-state index in [1.165, 1.54) is 18.6 Å². The van der Waals surface area contributed by atoms with Crippen molar-refractivity contribution in [2.45, 2.75) is 69.6 Å². The molecular weight excluding hydrogens is 467 g/mol. The van der Waals surface area contributed by atoms with Gasteiger partial charge in [-0.05, 0) is 74.8 Å². The van der Waals surface area contributed by atoms with E-state index >= 15 is 0 Å². The van der Waals surface area contributed by atoms with Crippen LogP contribution in [0.3, 0.4) is 0 Å². The smallest absolute Gasteiger partial charge is 0.233 e. The molecule has 2 saturated heterocycles. The number of hydrogen-bond acceptors (Lipinski definition) is 3. The molecule has 0 N–H and O–H groups in total. The first-order valence-corrected chi connectivity index (χ1v) is 14.0. The lowest BCUT2D eigenvalue weighted by molar-refractivity contribution is -0.145. The molecule has 37 heavy (non-hydrogen) atoms. The van der Waals surface area contributed by atoms with Crippen LogP contribution in [0.25, 0.3) is 0 Å². The Morgan fingerprint density at radius 2 is 1.46 bits per heavy atom. The first-order valence-electron chi connectivity index (χ1n) is 14.0. The van der Waals surface area contributed by atoms with Crippen LogP contribution in [0.1, 0.15) is 69.8 Å². The van der Waals surface area contributed by atoms with Crippen molar-refractivity contribution in [2.24, 2.45) is 5.41 Å². The van der Waals surface area contributed by atoms with Gasteiger partial charge in [-0.3, -0.25) is 9.59 Å². The van der Waals surface area contributed by atoms with E-state index in [2.05, 4.69) is 0 Å². The molecule has 2 aliphatic heterocycles. The minimum absolute atomic E-state index is 0.130. The summed E-state index contributed by atoms with van der Waals surface area (Å²) in [5.74, 6) is 0.815. The number of nitrogens with zero attached hydrogens (tertiary/aromatic N) is 2. The second kappa shape index (κ2) is 11.2. The first kappa shape index (κ1) is 25.7. The van der Waals surface area contributed by atoms with E-state index in [4.69, 9.17) is 4.74 Å². The van der Waals surface area contributed by atoms with Crippen molar-refractivity contribution in [3.05, 3.63) is 66.0 Å². The van der Waals surface area contributed by atoms with Crippen molar-refractivity contribution in [1.82, 2.24) is 9.80 Å². The van der Waals surface area contributed by atoms with Gasteiger partial charge in [0.2, 0.25) is 11.8 Å². The monoisotopic (exact) mass is 506 g/mol. The molecule has 1 aliphatic carbocycles. The second-order valence-corrected chi connectivity index (χ2v) is 11.3. The zero-order valence-electron chi connectivity index (χ0n) is 21.8. The van der Waals surface area contributed by atoms with Crippen LogP contribution in [-0.4, -0.2) is 54.4 Å². The standard InChI is InChI=1S/C31H39FN2O3/c32-26-14-12-25(13-15-26)31(17-5-6-18-31)29(36)34-21-9-16-30(23-34,24-37-27-10-3-1-4-11-27)22-28(35)33-19-7-2-8-20-33/h1,3-4,10-15H,2,5-9,16-24H2. The van der Waals surface area contributed by atoms with Crippen molar-refractivity contribution >= 4 is 11.8 Å². The van der Waals surface area contributed by atoms with E-state index < -0.39 is 10.8 Å². The Balaban J connectivity index is 1.39. The highest BCUT2D eigenvalue weighted by Crippen LogP contribution is 2.45. The number of para-hydroxylation sites is 1. The van der Waals surface area contributed by atoms with E-state index in [1.54, 1.807) is 12.1 Å². The van der Waals surface area contributed by atoms with E-state index in [-0.39, 0.29) is 17.6 Å². The van der Waals surface area contributed by atoms with Crippen LogP contribution in [-0.2, 0) is 15.0 Å². The first-order chi connectivity index (χ1) is 18.0. The molecule has 2 aromatic rings. The molecule has 0 radical (unpaired) electrons. The summed E-state index contributed by atoms with van der Waals surface area (Å²) in [7, 11) is 0. The Bertz CT molecular complexity index is 1060. The molecule has 2 aromatic carbocycles. The van der Waals surface area contributed by atoms with Crippen LogP contribution in [0.5, 0.6) is 5.75 Å².